The Bertz CT molecular complexity index is 736. The zero-order chi connectivity index (χ0) is 15.0. The lowest BCUT2D eigenvalue weighted by Gasteiger charge is -2.14. The van der Waals surface area contributed by atoms with Crippen LogP contribution in [0.4, 0.5) is 0 Å². The maximum atomic E-state index is 5.50. The van der Waals surface area contributed by atoms with Crippen molar-refractivity contribution in [2.45, 2.75) is 25.7 Å². The van der Waals surface area contributed by atoms with Crippen LogP contribution < -0.4 is 9.47 Å². The van der Waals surface area contributed by atoms with Crippen LogP contribution in [0.1, 0.15) is 30.1 Å². The van der Waals surface area contributed by atoms with Crippen molar-refractivity contribution >= 4 is 12.2 Å². The van der Waals surface area contributed by atoms with E-state index in [1.807, 2.05) is 25.1 Å². The highest BCUT2D eigenvalue weighted by molar-refractivity contribution is 7.71. The van der Waals surface area contributed by atoms with E-state index in [0.29, 0.717) is 10.6 Å². The van der Waals surface area contributed by atoms with Crippen LogP contribution in [0, 0.1) is 11.6 Å². The Morgan fingerprint density at radius 3 is 2.62 bits per heavy atom. The van der Waals surface area contributed by atoms with Gasteiger partial charge in [0.25, 0.3) is 0 Å². The number of nitrogens with one attached hydrogen (secondary N) is 1. The minimum Gasteiger partial charge on any atom is -0.497 e. The molecule has 1 aliphatic carbocycles. The molecule has 0 aliphatic heterocycles. The highest BCUT2D eigenvalue weighted by atomic mass is 32.1. The molecule has 1 saturated carbocycles. The van der Waals surface area contributed by atoms with Crippen LogP contribution in [0.25, 0.3) is 11.3 Å². The number of methoxy groups -OCH3 is 2. The number of benzene rings is 1. The molecule has 0 bridgehead atoms. The van der Waals surface area contributed by atoms with Crippen LogP contribution in [-0.4, -0.2) is 24.2 Å². The fourth-order valence-electron chi connectivity index (χ4n) is 2.37. The van der Waals surface area contributed by atoms with Gasteiger partial charge in [0.2, 0.25) is 0 Å². The topological polar surface area (TPSA) is 47.1 Å². The van der Waals surface area contributed by atoms with Gasteiger partial charge in [0.15, 0.2) is 0 Å². The van der Waals surface area contributed by atoms with Crippen molar-refractivity contribution in [3.8, 4) is 22.8 Å². The lowest BCUT2D eigenvalue weighted by molar-refractivity contribution is 0.395. The number of rotatable bonds is 4. The molecule has 5 heteroatoms. The Morgan fingerprint density at radius 2 is 2.00 bits per heavy atom. The average Bonchev–Trinajstić information content (AvgIpc) is 3.34. The molecule has 4 nitrogen and oxygen atoms in total. The average molecular weight is 302 g/mol. The highest BCUT2D eigenvalue weighted by Gasteiger charge is 2.27. The third-order valence-electron chi connectivity index (χ3n) is 3.81. The third kappa shape index (κ3) is 2.65. The summed E-state index contributed by atoms with van der Waals surface area (Å²) in [6.45, 7) is 1.99. The number of ether oxygens (including phenoxy) is 2. The highest BCUT2D eigenvalue weighted by Crippen LogP contribution is 2.40. The first-order chi connectivity index (χ1) is 10.1. The van der Waals surface area contributed by atoms with Crippen molar-refractivity contribution in [1.82, 2.24) is 9.97 Å². The maximum absolute atomic E-state index is 5.50. The van der Waals surface area contributed by atoms with E-state index in [-0.39, 0.29) is 0 Å². The van der Waals surface area contributed by atoms with Crippen LogP contribution in [-0.2, 0) is 0 Å². The number of hydrogen-bond donors (Lipinski definition) is 1. The smallest absolute Gasteiger partial charge is 0.133 e. The summed E-state index contributed by atoms with van der Waals surface area (Å²) in [4.78, 5) is 7.95. The quantitative estimate of drug-likeness (QED) is 0.867. The van der Waals surface area contributed by atoms with Crippen LogP contribution in [0.3, 0.4) is 0 Å². The van der Waals surface area contributed by atoms with E-state index in [4.69, 9.17) is 21.7 Å². The largest absolute Gasteiger partial charge is 0.497 e. The van der Waals surface area contributed by atoms with E-state index in [1.165, 1.54) is 12.8 Å². The molecule has 0 spiro atoms. The molecular weight excluding hydrogens is 284 g/mol. The summed E-state index contributed by atoms with van der Waals surface area (Å²) in [6.07, 6.45) is 2.36. The molecule has 1 aromatic heterocycles. The van der Waals surface area contributed by atoms with E-state index in [0.717, 1.165) is 34.1 Å². The van der Waals surface area contributed by atoms with Crippen molar-refractivity contribution in [1.29, 1.82) is 0 Å². The summed E-state index contributed by atoms with van der Waals surface area (Å²) < 4.78 is 11.4. The molecule has 2 aromatic rings. The van der Waals surface area contributed by atoms with Gasteiger partial charge in [-0.05, 0) is 31.9 Å². The predicted molar refractivity (Wildman–Crippen MR) is 84.7 cm³/mol. The minimum atomic E-state index is 0.523. The van der Waals surface area contributed by atoms with Gasteiger partial charge in [0.1, 0.15) is 22.0 Å². The van der Waals surface area contributed by atoms with Gasteiger partial charge in [-0.3, -0.25) is 0 Å². The fourth-order valence-corrected chi connectivity index (χ4v) is 2.57. The first-order valence-corrected chi connectivity index (χ1v) is 7.38. The molecule has 0 saturated heterocycles. The number of nitrogens with zero attached hydrogens (tertiary/aromatic N) is 1. The zero-order valence-electron chi connectivity index (χ0n) is 12.4. The summed E-state index contributed by atoms with van der Waals surface area (Å²) in [7, 11) is 3.30. The second kappa shape index (κ2) is 5.48. The molecule has 0 atom stereocenters. The molecule has 1 fully saturated rings. The van der Waals surface area contributed by atoms with Crippen molar-refractivity contribution in [2.75, 3.05) is 14.2 Å². The fraction of sp³-hybridized carbons (Fsp3) is 0.375. The molecule has 0 amide bonds. The van der Waals surface area contributed by atoms with E-state index in [2.05, 4.69) is 9.97 Å². The molecule has 0 unspecified atom stereocenters. The lowest BCUT2D eigenvalue weighted by Crippen LogP contribution is -2.01. The van der Waals surface area contributed by atoms with Crippen LogP contribution >= 0.6 is 12.2 Å². The number of H-pyrrole nitrogens is 1. The summed E-state index contributed by atoms with van der Waals surface area (Å²) >= 11 is 5.41. The van der Waals surface area contributed by atoms with Gasteiger partial charge in [-0.1, -0.05) is 12.2 Å². The van der Waals surface area contributed by atoms with Crippen molar-refractivity contribution in [2.24, 2.45) is 0 Å². The molecule has 1 N–H and O–H groups in total. The monoisotopic (exact) mass is 302 g/mol. The van der Waals surface area contributed by atoms with Gasteiger partial charge < -0.3 is 14.5 Å². The van der Waals surface area contributed by atoms with E-state index < -0.39 is 0 Å². The standard InChI is InChI=1S/C16H18N2O2S/c1-9-14(17-15(10-4-5-10)18-16(9)21)12-7-6-11(19-2)8-13(12)20-3/h6-8,10H,4-5H2,1-3H3,(H,17,18,21). The number of hydrogen-bond acceptors (Lipinski definition) is 4. The molecule has 21 heavy (non-hydrogen) atoms. The zero-order valence-corrected chi connectivity index (χ0v) is 13.2. The predicted octanol–water partition coefficient (Wildman–Crippen LogP) is 4.01. The van der Waals surface area contributed by atoms with Crippen molar-refractivity contribution in [3.05, 3.63) is 34.2 Å². The van der Waals surface area contributed by atoms with E-state index >= 15 is 0 Å². The Labute approximate surface area is 129 Å². The van der Waals surface area contributed by atoms with Gasteiger partial charge in [0, 0.05) is 23.1 Å². The normalized spacial score (nSPS) is 14.0. The second-order valence-electron chi connectivity index (χ2n) is 5.27. The molecule has 0 radical (unpaired) electrons. The van der Waals surface area contributed by atoms with Gasteiger partial charge in [0.05, 0.1) is 19.9 Å². The first-order valence-electron chi connectivity index (χ1n) is 6.97. The summed E-state index contributed by atoms with van der Waals surface area (Å²) in [5, 5.41) is 0. The van der Waals surface area contributed by atoms with E-state index in [9.17, 15) is 0 Å². The van der Waals surface area contributed by atoms with Crippen LogP contribution in [0.5, 0.6) is 11.5 Å². The Kier molecular flexibility index (Phi) is 3.68. The SMILES string of the molecule is COc1ccc(-c2[nH]c(C3CC3)nc(=S)c2C)c(OC)c1. The maximum Gasteiger partial charge on any atom is 0.133 e. The summed E-state index contributed by atoms with van der Waals surface area (Å²) in [5.41, 5.74) is 2.93. The molecule has 1 heterocycles. The number of aromatic nitrogens is 2. The minimum absolute atomic E-state index is 0.523. The second-order valence-corrected chi connectivity index (χ2v) is 5.65. The summed E-state index contributed by atoms with van der Waals surface area (Å²) in [6, 6.07) is 5.79. The lowest BCUT2D eigenvalue weighted by atomic mass is 10.1. The van der Waals surface area contributed by atoms with Gasteiger partial charge >= 0.3 is 0 Å². The van der Waals surface area contributed by atoms with E-state index in [1.54, 1.807) is 14.2 Å². The van der Waals surface area contributed by atoms with Crippen molar-refractivity contribution < 1.29 is 9.47 Å². The molecule has 3 rings (SSSR count). The van der Waals surface area contributed by atoms with Gasteiger partial charge in [-0.15, -0.1) is 0 Å². The summed E-state index contributed by atoms with van der Waals surface area (Å²) in [5.74, 6) is 3.04. The Morgan fingerprint density at radius 1 is 1.24 bits per heavy atom. The van der Waals surface area contributed by atoms with Crippen molar-refractivity contribution in [3.63, 3.8) is 0 Å². The Hall–Kier alpha value is -1.88. The molecule has 110 valence electrons. The molecular formula is C16H18N2O2S. The van der Waals surface area contributed by atoms with Gasteiger partial charge in [-0.25, -0.2) is 4.98 Å². The molecule has 1 aromatic carbocycles. The third-order valence-corrected chi connectivity index (χ3v) is 4.21. The van der Waals surface area contributed by atoms with Crippen LogP contribution in [0.2, 0.25) is 0 Å². The van der Waals surface area contributed by atoms with Crippen LogP contribution in [0.15, 0.2) is 18.2 Å². The Balaban J connectivity index is 2.17. The first kappa shape index (κ1) is 14.1. The molecule has 1 aliphatic rings. The number of aromatic amines is 1. The van der Waals surface area contributed by atoms with Gasteiger partial charge in [-0.2, -0.15) is 0 Å².